The monoisotopic (exact) mass is 446 g/mol. The zero-order chi connectivity index (χ0) is 22.1. The number of carbonyl (C=O) groups is 1. The van der Waals surface area contributed by atoms with Gasteiger partial charge in [-0.3, -0.25) is 9.21 Å². The zero-order valence-corrected chi connectivity index (χ0v) is 20.6. The summed E-state index contributed by atoms with van der Waals surface area (Å²) in [6, 6.07) is 0. The van der Waals surface area contributed by atoms with Gasteiger partial charge in [-0.2, -0.15) is 0 Å². The first kappa shape index (κ1) is 29.6. The molecule has 0 aliphatic rings. The molecule has 0 saturated carbocycles. The first-order valence-electron chi connectivity index (χ1n) is 12.8. The minimum atomic E-state index is 0.0504. The third-order valence-corrected chi connectivity index (χ3v) is 5.91. The molecule has 0 bridgehead atoms. The van der Waals surface area contributed by atoms with Crippen LogP contribution in [0, 0.1) is 0 Å². The van der Waals surface area contributed by atoms with Gasteiger partial charge in [-0.05, 0) is 6.42 Å². The summed E-state index contributed by atoms with van der Waals surface area (Å²) >= 11 is 6.07. The van der Waals surface area contributed by atoms with Gasteiger partial charge in [0, 0.05) is 50.9 Å². The fraction of sp³-hybridized carbons (Fsp3) is 0.958. The molecule has 4 N–H and O–H groups in total. The number of amides is 1. The number of hydrogen-bond donors (Lipinski definition) is 3. The second-order valence-electron chi connectivity index (χ2n) is 8.47. The van der Waals surface area contributed by atoms with Crippen LogP contribution in [0.5, 0.6) is 0 Å². The maximum absolute atomic E-state index is 12.0. The molecule has 0 rings (SSSR count). The molecule has 0 aromatic heterocycles. The van der Waals surface area contributed by atoms with E-state index in [2.05, 4.69) is 17.6 Å². The van der Waals surface area contributed by atoms with Crippen LogP contribution in [0.1, 0.15) is 110 Å². The van der Waals surface area contributed by atoms with E-state index in [1.54, 1.807) is 0 Å². The second kappa shape index (κ2) is 24.9. The topological polar surface area (TPSA) is 70.4 Å². The van der Waals surface area contributed by atoms with Gasteiger partial charge < -0.3 is 16.4 Å². The lowest BCUT2D eigenvalue weighted by Gasteiger charge is -2.14. The summed E-state index contributed by atoms with van der Waals surface area (Å²) < 4.78 is 1.34. The van der Waals surface area contributed by atoms with E-state index < -0.39 is 0 Å². The van der Waals surface area contributed by atoms with E-state index in [4.69, 9.17) is 17.5 Å². The fourth-order valence-corrected chi connectivity index (χ4v) is 3.77. The smallest absolute Gasteiger partial charge is 0.236 e. The van der Waals surface area contributed by atoms with E-state index in [0.29, 0.717) is 19.5 Å². The number of unbranched alkanes of at least 4 members (excludes halogenated alkanes) is 14. The van der Waals surface area contributed by atoms with E-state index in [9.17, 15) is 4.79 Å². The van der Waals surface area contributed by atoms with Crippen molar-refractivity contribution in [3.8, 4) is 0 Å². The van der Waals surface area contributed by atoms with Crippen LogP contribution >= 0.6 is 11.8 Å². The highest BCUT2D eigenvalue weighted by Crippen LogP contribution is 2.14. The predicted molar refractivity (Wildman–Crippen MR) is 132 cm³/mol. The molecule has 0 atom stereocenters. The van der Waals surface area contributed by atoms with E-state index in [1.165, 1.54) is 87.9 Å². The lowest BCUT2D eigenvalue weighted by atomic mass is 10.0. The number of halogens is 1. The molecule has 0 aromatic carbocycles. The number of nitrogens with two attached hydrogens (primary N) is 1. The lowest BCUT2D eigenvalue weighted by Crippen LogP contribution is -2.35. The molecule has 6 heteroatoms. The summed E-state index contributed by atoms with van der Waals surface area (Å²) in [5.74, 6) is 0.0504. The second-order valence-corrected chi connectivity index (χ2v) is 8.88. The van der Waals surface area contributed by atoms with Gasteiger partial charge in [-0.25, -0.2) is 0 Å². The van der Waals surface area contributed by atoms with Crippen molar-refractivity contribution in [1.29, 1.82) is 0 Å². The van der Waals surface area contributed by atoms with Gasteiger partial charge in [0.05, 0.1) is 6.54 Å². The predicted octanol–water partition coefficient (Wildman–Crippen LogP) is 5.37. The van der Waals surface area contributed by atoms with Crippen molar-refractivity contribution < 1.29 is 4.79 Å². The third-order valence-electron chi connectivity index (χ3n) is 5.55. The van der Waals surface area contributed by atoms with Gasteiger partial charge in [-0.1, -0.05) is 96.8 Å². The van der Waals surface area contributed by atoms with Crippen LogP contribution in [0.3, 0.4) is 0 Å². The molecule has 0 fully saturated rings. The Balaban J connectivity index is 3.26. The quantitative estimate of drug-likeness (QED) is 0.138. The van der Waals surface area contributed by atoms with Crippen molar-refractivity contribution in [2.45, 2.75) is 110 Å². The van der Waals surface area contributed by atoms with Gasteiger partial charge in [0.25, 0.3) is 0 Å². The SMILES string of the molecule is CCCCCCCCCCCCCCCCCC(=O)N(Cl)CCNCCNCCN. The number of nitrogens with one attached hydrogen (secondary N) is 2. The molecular weight excluding hydrogens is 396 g/mol. The molecule has 0 aliphatic carbocycles. The number of hydrogen-bond acceptors (Lipinski definition) is 4. The van der Waals surface area contributed by atoms with Crippen molar-refractivity contribution in [2.75, 3.05) is 39.3 Å². The molecule has 0 saturated heterocycles. The normalized spacial score (nSPS) is 11.2. The summed E-state index contributed by atoms with van der Waals surface area (Å²) in [7, 11) is 0. The summed E-state index contributed by atoms with van der Waals surface area (Å²) in [4.78, 5) is 12.0. The molecule has 0 aromatic rings. The average molecular weight is 447 g/mol. The maximum atomic E-state index is 12.0. The minimum absolute atomic E-state index is 0.0504. The molecule has 0 spiro atoms. The number of nitrogens with zero attached hydrogens (tertiary/aromatic N) is 1. The largest absolute Gasteiger partial charge is 0.329 e. The molecule has 0 heterocycles. The Labute approximate surface area is 192 Å². The van der Waals surface area contributed by atoms with E-state index >= 15 is 0 Å². The molecule has 1 amide bonds. The first-order chi connectivity index (χ1) is 14.7. The van der Waals surface area contributed by atoms with E-state index in [0.717, 1.165) is 39.0 Å². The van der Waals surface area contributed by atoms with Crippen molar-refractivity contribution in [3.05, 3.63) is 0 Å². The van der Waals surface area contributed by atoms with E-state index in [-0.39, 0.29) is 5.91 Å². The zero-order valence-electron chi connectivity index (χ0n) is 19.9. The summed E-state index contributed by atoms with van der Waals surface area (Å²) in [5.41, 5.74) is 5.41. The van der Waals surface area contributed by atoms with Crippen molar-refractivity contribution in [2.24, 2.45) is 5.73 Å². The molecule has 0 radical (unpaired) electrons. The summed E-state index contributed by atoms with van der Waals surface area (Å²) in [5, 5.41) is 6.49. The van der Waals surface area contributed by atoms with E-state index in [1.807, 2.05) is 0 Å². The number of rotatable bonds is 24. The minimum Gasteiger partial charge on any atom is -0.329 e. The van der Waals surface area contributed by atoms with Gasteiger partial charge in [0.1, 0.15) is 0 Å². The molecule has 0 unspecified atom stereocenters. The first-order valence-corrected chi connectivity index (χ1v) is 13.1. The maximum Gasteiger partial charge on any atom is 0.236 e. The standard InChI is InChI=1S/C24H51ClN4O/c1-2-3-4-5-6-7-8-9-10-11-12-13-14-15-16-17-24(30)29(25)23-22-28-21-20-27-19-18-26/h27-28H,2-23,26H2,1H3. The van der Waals surface area contributed by atoms with Crippen LogP contribution in [0.2, 0.25) is 0 Å². The highest BCUT2D eigenvalue weighted by Gasteiger charge is 2.09. The summed E-state index contributed by atoms with van der Waals surface area (Å²) in [6.45, 7) is 6.78. The number of carbonyl (C=O) groups excluding carboxylic acids is 1. The highest BCUT2D eigenvalue weighted by molar-refractivity contribution is 6.21. The Morgan fingerprint density at radius 2 is 1.13 bits per heavy atom. The van der Waals surface area contributed by atoms with Crippen LogP contribution in [0.4, 0.5) is 0 Å². The Morgan fingerprint density at radius 3 is 1.60 bits per heavy atom. The Bertz CT molecular complexity index is 358. The molecular formula is C24H51ClN4O. The Morgan fingerprint density at radius 1 is 0.700 bits per heavy atom. The van der Waals surface area contributed by atoms with Crippen molar-refractivity contribution in [3.63, 3.8) is 0 Å². The van der Waals surface area contributed by atoms with Crippen LogP contribution in [-0.4, -0.2) is 49.6 Å². The molecule has 0 aliphatic heterocycles. The van der Waals surface area contributed by atoms with Crippen molar-refractivity contribution in [1.82, 2.24) is 15.1 Å². The highest BCUT2D eigenvalue weighted by atomic mass is 35.5. The summed E-state index contributed by atoms with van der Waals surface area (Å²) in [6.07, 6.45) is 20.6. The average Bonchev–Trinajstić information content (AvgIpc) is 2.75. The Hall–Kier alpha value is -0.360. The molecule has 180 valence electrons. The van der Waals surface area contributed by atoms with Gasteiger partial charge in [-0.15, -0.1) is 0 Å². The van der Waals surface area contributed by atoms with Crippen LogP contribution < -0.4 is 16.4 Å². The lowest BCUT2D eigenvalue weighted by molar-refractivity contribution is -0.126. The Kier molecular flexibility index (Phi) is 24.6. The van der Waals surface area contributed by atoms with Crippen LogP contribution in [0.25, 0.3) is 0 Å². The molecule has 5 nitrogen and oxygen atoms in total. The molecule has 30 heavy (non-hydrogen) atoms. The van der Waals surface area contributed by atoms with Gasteiger partial charge in [0.2, 0.25) is 5.91 Å². The van der Waals surface area contributed by atoms with Gasteiger partial charge in [0.15, 0.2) is 0 Å². The van der Waals surface area contributed by atoms with Crippen molar-refractivity contribution >= 4 is 17.7 Å². The third kappa shape index (κ3) is 22.3. The van der Waals surface area contributed by atoms with Crippen LogP contribution in [0.15, 0.2) is 0 Å². The fourth-order valence-electron chi connectivity index (χ4n) is 3.60. The van der Waals surface area contributed by atoms with Crippen LogP contribution in [-0.2, 0) is 4.79 Å². The van der Waals surface area contributed by atoms with Gasteiger partial charge >= 0.3 is 0 Å².